The van der Waals surface area contributed by atoms with Gasteiger partial charge in [-0.05, 0) is 96.9 Å². The molecule has 6 aliphatic rings. The summed E-state index contributed by atoms with van der Waals surface area (Å²) in [6.45, 7) is 20.3. The van der Waals surface area contributed by atoms with Crippen molar-refractivity contribution in [3.63, 3.8) is 0 Å². The Hall–Kier alpha value is -5.75. The molecule has 0 aromatic carbocycles. The predicted molar refractivity (Wildman–Crippen MR) is 267 cm³/mol. The number of fused-ring (bicyclic) bond motifs is 6. The first-order valence-corrected chi connectivity index (χ1v) is 26.5. The number of hydrogen-bond donors (Lipinski definition) is 5. The summed E-state index contributed by atoms with van der Waals surface area (Å²) in [5, 5.41) is 57.8. The van der Waals surface area contributed by atoms with Crippen molar-refractivity contribution in [2.75, 3.05) is 0 Å². The summed E-state index contributed by atoms with van der Waals surface area (Å²) in [6, 6.07) is 0. The number of hydrogen-bond acceptors (Lipinski definition) is 23. The first-order chi connectivity index (χ1) is 36.1. The van der Waals surface area contributed by atoms with Crippen molar-refractivity contribution in [1.29, 1.82) is 0 Å². The average Bonchev–Trinajstić information content (AvgIpc) is 4.03. The second-order valence-electron chi connectivity index (χ2n) is 22.0. The average molecular weight is 1110 g/mol. The number of ether oxygens (including phenoxy) is 9. The molecule has 4 aliphatic carbocycles. The Morgan fingerprint density at radius 2 is 0.987 bits per heavy atom. The van der Waals surface area contributed by atoms with E-state index < -0.39 is 154 Å². The molecule has 2 saturated heterocycles. The van der Waals surface area contributed by atoms with E-state index in [1.54, 1.807) is 33.8 Å². The van der Waals surface area contributed by atoms with E-state index in [-0.39, 0.29) is 53.5 Å². The fourth-order valence-corrected chi connectivity index (χ4v) is 12.0. The standard InChI is InChI=1S/C29H40O12.C26H38O11/c1-9-11-12-19(32)38-23-21-20(15(4)22(23)39-25(33)14(3)10-2)24-29(36,28(8,35)26(34)40-24)18(37-16(5)30)13-27(21,7)41-17(6)31;1-7-9-11-17(29)35-21-19-18(13(3)20(21)30)22-26(33,25(6,32)23(31)36-22)15(34-16(28)10-8-2)12-24(19,5)37-14(4)27/h10,18,21-24,35-36H,9,11-13H2,1-8H3;15,19-22,30,32-33H,7-12H2,1-6H3/b14-10-;/t18-,21+,22-,23-,24-,27-,28+,29+;15-,19+,20-,21-,22-,24-,25+,26+/m00/s1. The van der Waals surface area contributed by atoms with Crippen molar-refractivity contribution in [2.24, 2.45) is 11.8 Å². The quantitative estimate of drug-likeness (QED) is 0.0641. The zero-order valence-electron chi connectivity index (χ0n) is 47.0. The first-order valence-electron chi connectivity index (χ1n) is 26.5. The van der Waals surface area contributed by atoms with E-state index in [1.807, 2.05) is 13.8 Å². The SMILES string of the molecule is C/C=C(/C)C(=O)O[C@H]1C(C)=C2[C@H]([C@@H]1OC(=O)CCCC)[C@@](C)(OC(C)=O)C[C@H](OC(C)=O)[C@@]1(O)[C@H]2OC(=O)[C@@]1(C)O.CCCCC(=O)O[C@H]1[C@H]2C(=C(C)[C@@H]1O)[C@@H]1OC(=O)[C@@](C)(O)[C@@]1(O)[C@@H](OC(=O)CCC)C[C@]2(C)OC(C)=O. The largest absolute Gasteiger partial charge is 0.459 e. The molecule has 0 aromatic rings. The number of carbonyl (C=O) groups is 9. The molecule has 0 bridgehead atoms. The number of esters is 9. The molecule has 5 N–H and O–H groups in total. The number of unbranched alkanes of at least 4 members (excludes halogenated alkanes) is 2. The Kier molecular flexibility index (Phi) is 19.0. The van der Waals surface area contributed by atoms with Crippen LogP contribution in [-0.2, 0) is 85.8 Å². The summed E-state index contributed by atoms with van der Waals surface area (Å²) < 4.78 is 51.2. The van der Waals surface area contributed by atoms with E-state index in [4.69, 9.17) is 42.6 Å². The molecule has 0 spiro atoms. The molecule has 23 nitrogen and oxygen atoms in total. The van der Waals surface area contributed by atoms with Gasteiger partial charge >= 0.3 is 53.7 Å². The normalized spacial score (nSPS) is 37.6. The maximum absolute atomic E-state index is 13.0. The van der Waals surface area contributed by atoms with Gasteiger partial charge in [0.1, 0.15) is 35.6 Å². The third-order valence-corrected chi connectivity index (χ3v) is 16.1. The molecular weight excluding hydrogens is 1030 g/mol. The molecule has 2 saturated carbocycles. The molecule has 4 fully saturated rings. The molecule has 78 heavy (non-hydrogen) atoms. The van der Waals surface area contributed by atoms with Crippen LogP contribution in [-0.4, -0.2) is 162 Å². The zero-order valence-corrected chi connectivity index (χ0v) is 47.0. The predicted octanol–water partition coefficient (Wildman–Crippen LogP) is 3.22. The van der Waals surface area contributed by atoms with E-state index in [9.17, 15) is 68.7 Å². The maximum Gasteiger partial charge on any atom is 0.341 e. The van der Waals surface area contributed by atoms with Gasteiger partial charge in [-0.2, -0.15) is 0 Å². The van der Waals surface area contributed by atoms with E-state index in [0.29, 0.717) is 25.7 Å². The summed E-state index contributed by atoms with van der Waals surface area (Å²) in [4.78, 5) is 114. The van der Waals surface area contributed by atoms with Gasteiger partial charge in [-0.15, -0.1) is 0 Å². The van der Waals surface area contributed by atoms with Crippen LogP contribution in [0.15, 0.2) is 33.9 Å². The van der Waals surface area contributed by atoms with Crippen LogP contribution < -0.4 is 0 Å². The van der Waals surface area contributed by atoms with Gasteiger partial charge in [0.05, 0.1) is 11.8 Å². The zero-order chi connectivity index (χ0) is 59.0. The minimum atomic E-state index is -2.57. The van der Waals surface area contributed by atoms with Crippen molar-refractivity contribution in [3.05, 3.63) is 33.9 Å². The van der Waals surface area contributed by atoms with Crippen LogP contribution in [0, 0.1) is 11.8 Å². The second kappa shape index (κ2) is 23.5. The van der Waals surface area contributed by atoms with Crippen LogP contribution in [0.5, 0.6) is 0 Å². The molecule has 6 rings (SSSR count). The minimum absolute atomic E-state index is 0.00000616. The summed E-state index contributed by atoms with van der Waals surface area (Å²) >= 11 is 0. The lowest BCUT2D eigenvalue weighted by atomic mass is 9.75. The minimum Gasteiger partial charge on any atom is -0.459 e. The smallest absolute Gasteiger partial charge is 0.341 e. The third kappa shape index (κ3) is 11.2. The van der Waals surface area contributed by atoms with Crippen molar-refractivity contribution in [1.82, 2.24) is 0 Å². The topological polar surface area (TPSA) is 338 Å². The number of carbonyl (C=O) groups excluding carboxylic acids is 9. The Labute approximate surface area is 453 Å². The van der Waals surface area contributed by atoms with Crippen LogP contribution in [0.2, 0.25) is 0 Å². The molecule has 23 heteroatoms. The van der Waals surface area contributed by atoms with E-state index in [2.05, 4.69) is 0 Å². The monoisotopic (exact) mass is 1110 g/mol. The van der Waals surface area contributed by atoms with Crippen molar-refractivity contribution in [2.45, 2.75) is 244 Å². The van der Waals surface area contributed by atoms with Gasteiger partial charge < -0.3 is 68.2 Å². The molecule has 16 atom stereocenters. The Morgan fingerprint density at radius 3 is 1.40 bits per heavy atom. The lowest BCUT2D eigenvalue weighted by Crippen LogP contribution is -2.64. The molecule has 0 aromatic heterocycles. The summed E-state index contributed by atoms with van der Waals surface area (Å²) in [5.74, 6) is -9.42. The van der Waals surface area contributed by atoms with Crippen LogP contribution >= 0.6 is 0 Å². The molecule has 436 valence electrons. The van der Waals surface area contributed by atoms with E-state index >= 15 is 0 Å². The fraction of sp³-hybridized carbons (Fsp3) is 0.727. The highest BCUT2D eigenvalue weighted by molar-refractivity contribution is 5.88. The van der Waals surface area contributed by atoms with Gasteiger partial charge in [-0.3, -0.25) is 28.8 Å². The summed E-state index contributed by atoms with van der Waals surface area (Å²) in [7, 11) is 0. The fourth-order valence-electron chi connectivity index (χ4n) is 12.0. The van der Waals surface area contributed by atoms with Crippen LogP contribution in [0.25, 0.3) is 0 Å². The second-order valence-corrected chi connectivity index (χ2v) is 22.0. The van der Waals surface area contributed by atoms with Gasteiger partial charge in [0.2, 0.25) is 0 Å². The van der Waals surface area contributed by atoms with Gasteiger partial charge in [-0.1, -0.05) is 39.7 Å². The maximum atomic E-state index is 13.0. The summed E-state index contributed by atoms with van der Waals surface area (Å²) in [5.41, 5.74) is -12.4. The highest BCUT2D eigenvalue weighted by atomic mass is 16.6. The van der Waals surface area contributed by atoms with Crippen LogP contribution in [0.3, 0.4) is 0 Å². The lowest BCUT2D eigenvalue weighted by Gasteiger charge is -2.41. The highest BCUT2D eigenvalue weighted by Gasteiger charge is 2.77. The van der Waals surface area contributed by atoms with Gasteiger partial charge in [0, 0.05) is 58.4 Å². The van der Waals surface area contributed by atoms with Gasteiger partial charge in [0.25, 0.3) is 0 Å². The molecule has 0 amide bonds. The number of aliphatic hydroxyl groups excluding tert-OH is 1. The van der Waals surface area contributed by atoms with Crippen molar-refractivity contribution >= 4 is 53.7 Å². The van der Waals surface area contributed by atoms with Crippen LogP contribution in [0.1, 0.15) is 161 Å². The van der Waals surface area contributed by atoms with Crippen molar-refractivity contribution in [3.8, 4) is 0 Å². The number of aliphatic hydroxyl groups is 5. The highest BCUT2D eigenvalue weighted by Crippen LogP contribution is 2.59. The lowest BCUT2D eigenvalue weighted by molar-refractivity contribution is -0.212. The van der Waals surface area contributed by atoms with Crippen LogP contribution in [0.4, 0.5) is 0 Å². The first kappa shape index (κ1) is 63.1. The van der Waals surface area contributed by atoms with Gasteiger partial charge in [-0.25, -0.2) is 14.4 Å². The Balaban J connectivity index is 0.000000289. The number of rotatable bonds is 16. The molecule has 0 radical (unpaired) electrons. The van der Waals surface area contributed by atoms with E-state index in [1.165, 1.54) is 27.7 Å². The Bertz CT molecular complexity index is 2500. The molecule has 0 unspecified atom stereocenters. The van der Waals surface area contributed by atoms with Gasteiger partial charge in [0.15, 0.2) is 46.8 Å². The number of allylic oxidation sites excluding steroid dienone is 1. The summed E-state index contributed by atoms with van der Waals surface area (Å²) in [6.07, 6.45) is -7.63. The molecule has 2 heterocycles. The third-order valence-electron chi connectivity index (χ3n) is 16.1. The molecular formula is C55H78O23. The van der Waals surface area contributed by atoms with E-state index in [0.717, 1.165) is 34.1 Å². The van der Waals surface area contributed by atoms with Crippen molar-refractivity contribution < 1.29 is 111 Å². The Morgan fingerprint density at radius 1 is 0.577 bits per heavy atom. The molecule has 2 aliphatic heterocycles.